The van der Waals surface area contributed by atoms with Crippen LogP contribution in [0.25, 0.3) is 0 Å². The summed E-state index contributed by atoms with van der Waals surface area (Å²) in [7, 11) is 1.63. The van der Waals surface area contributed by atoms with Crippen LogP contribution in [0.5, 0.6) is 0 Å². The minimum absolute atomic E-state index is 0.000545. The van der Waals surface area contributed by atoms with Gasteiger partial charge in [-0.2, -0.15) is 0 Å². The van der Waals surface area contributed by atoms with E-state index in [1.54, 1.807) is 7.11 Å². The van der Waals surface area contributed by atoms with Gasteiger partial charge in [-0.1, -0.05) is 6.92 Å². The molecular formula is C12H27N5O2. The number of nitrogens with zero attached hydrogens (tertiary/aromatic N) is 1. The first-order chi connectivity index (χ1) is 9.03. The summed E-state index contributed by atoms with van der Waals surface area (Å²) in [6, 6.07) is 0.289. The number of hydrazine groups is 1. The molecule has 0 fully saturated rings. The summed E-state index contributed by atoms with van der Waals surface area (Å²) in [4.78, 5) is 15.7. The van der Waals surface area contributed by atoms with Gasteiger partial charge in [-0.15, -0.1) is 0 Å². The zero-order valence-electron chi connectivity index (χ0n) is 12.3. The molecule has 0 heterocycles. The Hall–Kier alpha value is -1.34. The van der Waals surface area contributed by atoms with Gasteiger partial charge in [-0.25, -0.2) is 5.84 Å². The molecule has 2 unspecified atom stereocenters. The molecule has 0 spiro atoms. The lowest BCUT2D eigenvalue weighted by Crippen LogP contribution is -2.47. The van der Waals surface area contributed by atoms with Gasteiger partial charge in [0.25, 0.3) is 0 Å². The lowest BCUT2D eigenvalue weighted by molar-refractivity contribution is -0.121. The Morgan fingerprint density at radius 2 is 2.00 bits per heavy atom. The second-order valence-electron chi connectivity index (χ2n) is 4.50. The van der Waals surface area contributed by atoms with Crippen molar-refractivity contribution in [2.75, 3.05) is 20.3 Å². The number of hydrogen-bond donors (Lipinski definition) is 4. The molecule has 0 aromatic rings. The summed E-state index contributed by atoms with van der Waals surface area (Å²) in [6.45, 7) is 6.89. The molecule has 2 atom stereocenters. The van der Waals surface area contributed by atoms with Crippen LogP contribution in [0, 0.1) is 0 Å². The number of aliphatic imine (C=N–C) groups is 1. The summed E-state index contributed by atoms with van der Waals surface area (Å²) in [5.74, 6) is 5.81. The smallest absolute Gasteiger partial charge is 0.222 e. The van der Waals surface area contributed by atoms with E-state index in [1.807, 2.05) is 20.8 Å². The summed E-state index contributed by atoms with van der Waals surface area (Å²) in [5.41, 5.74) is 2.47. The minimum Gasteiger partial charge on any atom is -0.383 e. The van der Waals surface area contributed by atoms with Gasteiger partial charge in [0.1, 0.15) is 0 Å². The van der Waals surface area contributed by atoms with Crippen molar-refractivity contribution in [1.29, 1.82) is 0 Å². The molecule has 0 aliphatic carbocycles. The number of carbonyl (C=O) groups excluding carboxylic acids is 1. The third kappa shape index (κ3) is 9.26. The maximum atomic E-state index is 11.5. The molecule has 0 aliphatic heterocycles. The highest BCUT2D eigenvalue weighted by atomic mass is 16.5. The van der Waals surface area contributed by atoms with Gasteiger partial charge in [0, 0.05) is 25.6 Å². The zero-order chi connectivity index (χ0) is 14.7. The number of amides is 1. The van der Waals surface area contributed by atoms with Gasteiger partial charge >= 0.3 is 0 Å². The monoisotopic (exact) mass is 273 g/mol. The SMILES string of the molecule is CCC(C)NC(=O)CCN=C(NN)NC(C)COC. The summed E-state index contributed by atoms with van der Waals surface area (Å²) < 4.78 is 5.00. The average molecular weight is 273 g/mol. The number of ether oxygens (including phenoxy) is 1. The lowest BCUT2D eigenvalue weighted by atomic mass is 10.2. The Morgan fingerprint density at radius 1 is 1.32 bits per heavy atom. The lowest BCUT2D eigenvalue weighted by Gasteiger charge is -2.15. The summed E-state index contributed by atoms with van der Waals surface area (Å²) in [5, 5.41) is 5.93. The highest BCUT2D eigenvalue weighted by Gasteiger charge is 2.06. The molecule has 7 nitrogen and oxygen atoms in total. The summed E-state index contributed by atoms with van der Waals surface area (Å²) in [6.07, 6.45) is 1.26. The third-order valence-corrected chi connectivity index (χ3v) is 2.57. The fraction of sp³-hybridized carbons (Fsp3) is 0.833. The molecule has 0 saturated carbocycles. The van der Waals surface area contributed by atoms with Crippen LogP contribution in [0.1, 0.15) is 33.6 Å². The number of rotatable bonds is 8. The minimum atomic E-state index is -0.000545. The average Bonchev–Trinajstić information content (AvgIpc) is 2.37. The molecule has 112 valence electrons. The molecule has 1 amide bonds. The van der Waals surface area contributed by atoms with Crippen LogP contribution in [0.2, 0.25) is 0 Å². The Kier molecular flexibility index (Phi) is 9.82. The van der Waals surface area contributed by atoms with Crippen LogP contribution in [0.3, 0.4) is 0 Å². The molecule has 0 aromatic carbocycles. The first-order valence-corrected chi connectivity index (χ1v) is 6.59. The van der Waals surface area contributed by atoms with E-state index in [1.165, 1.54) is 0 Å². The van der Waals surface area contributed by atoms with Crippen molar-refractivity contribution in [1.82, 2.24) is 16.1 Å². The van der Waals surface area contributed by atoms with Gasteiger partial charge < -0.3 is 15.4 Å². The molecule has 5 N–H and O–H groups in total. The zero-order valence-corrected chi connectivity index (χ0v) is 12.3. The quantitative estimate of drug-likeness (QED) is 0.211. The molecule has 0 bridgehead atoms. The van der Waals surface area contributed by atoms with Gasteiger partial charge in [0.2, 0.25) is 11.9 Å². The van der Waals surface area contributed by atoms with Crippen molar-refractivity contribution >= 4 is 11.9 Å². The van der Waals surface area contributed by atoms with Crippen molar-refractivity contribution in [3.63, 3.8) is 0 Å². The van der Waals surface area contributed by atoms with Crippen molar-refractivity contribution in [2.24, 2.45) is 10.8 Å². The molecule has 0 saturated heterocycles. The van der Waals surface area contributed by atoms with Crippen molar-refractivity contribution in [3.8, 4) is 0 Å². The van der Waals surface area contributed by atoms with E-state index >= 15 is 0 Å². The van der Waals surface area contributed by atoms with Gasteiger partial charge in [0.05, 0.1) is 13.2 Å². The van der Waals surface area contributed by atoms with Gasteiger partial charge in [-0.3, -0.25) is 15.2 Å². The fourth-order valence-electron chi connectivity index (χ4n) is 1.38. The molecule has 0 rings (SSSR count). The van der Waals surface area contributed by atoms with E-state index in [2.05, 4.69) is 21.1 Å². The standard InChI is InChI=1S/C12H27N5O2/c1-5-9(2)15-11(18)6-7-14-12(17-13)16-10(3)8-19-4/h9-10H,5-8,13H2,1-4H3,(H,15,18)(H2,14,16,17). The maximum Gasteiger partial charge on any atom is 0.222 e. The molecule has 0 aromatic heterocycles. The number of carbonyl (C=O) groups is 1. The first kappa shape index (κ1) is 17.7. The first-order valence-electron chi connectivity index (χ1n) is 6.59. The molecule has 7 heteroatoms. The van der Waals surface area contributed by atoms with Crippen molar-refractivity contribution in [2.45, 2.75) is 45.7 Å². The highest BCUT2D eigenvalue weighted by molar-refractivity contribution is 5.80. The number of methoxy groups -OCH3 is 1. The number of guanidine groups is 1. The predicted molar refractivity (Wildman–Crippen MR) is 76.6 cm³/mol. The van der Waals surface area contributed by atoms with Crippen molar-refractivity contribution in [3.05, 3.63) is 0 Å². The van der Waals surface area contributed by atoms with Crippen molar-refractivity contribution < 1.29 is 9.53 Å². The highest BCUT2D eigenvalue weighted by Crippen LogP contribution is 1.90. The van der Waals surface area contributed by atoms with E-state index in [9.17, 15) is 4.79 Å². The van der Waals surface area contributed by atoms with Crippen LogP contribution in [-0.2, 0) is 9.53 Å². The van der Waals surface area contributed by atoms with E-state index in [0.29, 0.717) is 25.5 Å². The Bertz CT molecular complexity index is 283. The normalized spacial score (nSPS) is 14.7. The van der Waals surface area contributed by atoms with Crippen LogP contribution in [-0.4, -0.2) is 44.2 Å². The number of hydrogen-bond acceptors (Lipinski definition) is 4. The largest absolute Gasteiger partial charge is 0.383 e. The second-order valence-corrected chi connectivity index (χ2v) is 4.50. The van der Waals surface area contributed by atoms with Crippen LogP contribution in [0.15, 0.2) is 4.99 Å². The van der Waals surface area contributed by atoms with E-state index < -0.39 is 0 Å². The van der Waals surface area contributed by atoms with E-state index in [4.69, 9.17) is 10.6 Å². The third-order valence-electron chi connectivity index (χ3n) is 2.57. The Balaban J connectivity index is 4.02. The molecular weight excluding hydrogens is 246 g/mol. The number of nitrogens with two attached hydrogens (primary N) is 1. The molecule has 0 radical (unpaired) electrons. The fourth-order valence-corrected chi connectivity index (χ4v) is 1.38. The Labute approximate surface area is 115 Å². The van der Waals surface area contributed by atoms with Crippen LogP contribution in [0.4, 0.5) is 0 Å². The van der Waals surface area contributed by atoms with Gasteiger partial charge in [0.15, 0.2) is 0 Å². The van der Waals surface area contributed by atoms with Crippen LogP contribution >= 0.6 is 0 Å². The van der Waals surface area contributed by atoms with E-state index in [0.717, 1.165) is 6.42 Å². The topological polar surface area (TPSA) is 101 Å². The Morgan fingerprint density at radius 3 is 2.53 bits per heavy atom. The maximum absolute atomic E-state index is 11.5. The second kappa shape index (κ2) is 10.6. The van der Waals surface area contributed by atoms with Crippen LogP contribution < -0.4 is 21.9 Å². The molecule has 0 aliphatic rings. The van der Waals surface area contributed by atoms with Gasteiger partial charge in [-0.05, 0) is 20.3 Å². The summed E-state index contributed by atoms with van der Waals surface area (Å²) >= 11 is 0. The molecule has 19 heavy (non-hydrogen) atoms. The van der Waals surface area contributed by atoms with E-state index in [-0.39, 0.29) is 18.0 Å². The predicted octanol–water partition coefficient (Wildman–Crippen LogP) is -0.265. The number of nitrogens with one attached hydrogen (secondary N) is 3.